The maximum Gasteiger partial charge on any atom is 0.0972 e. The minimum atomic E-state index is -0.226. The fourth-order valence-corrected chi connectivity index (χ4v) is 9.74. The van der Waals surface area contributed by atoms with Gasteiger partial charge in [-0.1, -0.05) is 129 Å². The van der Waals surface area contributed by atoms with E-state index in [0.29, 0.717) is 0 Å². The molecule has 4 aromatic heterocycles. The molecule has 4 heteroatoms. The molecule has 0 amide bonds. The number of nitrogens with zero attached hydrogens (tertiary/aromatic N) is 4. The van der Waals surface area contributed by atoms with Gasteiger partial charge in [0.1, 0.15) is 0 Å². The molecule has 0 aliphatic heterocycles. The van der Waals surface area contributed by atoms with E-state index in [1.165, 1.54) is 65.9 Å². The lowest BCUT2D eigenvalue weighted by molar-refractivity contribution is 0.667. The summed E-state index contributed by atoms with van der Waals surface area (Å²) in [6, 6.07) is 59.4. The lowest BCUT2D eigenvalue weighted by atomic mass is 9.80. The van der Waals surface area contributed by atoms with Gasteiger partial charge in [0.2, 0.25) is 0 Å². The third-order valence-electron chi connectivity index (χ3n) is 12.1. The van der Waals surface area contributed by atoms with Crippen molar-refractivity contribution in [1.82, 2.24) is 19.1 Å². The first-order valence-electron chi connectivity index (χ1n) is 19.0. The second-order valence-corrected chi connectivity index (χ2v) is 15.4. The molecule has 0 saturated heterocycles. The van der Waals surface area contributed by atoms with Gasteiger partial charge in [-0.2, -0.15) is 0 Å². The van der Waals surface area contributed by atoms with E-state index in [-0.39, 0.29) is 5.41 Å². The Morgan fingerprint density at radius 3 is 1.89 bits per heavy atom. The van der Waals surface area contributed by atoms with Crippen molar-refractivity contribution in [3.63, 3.8) is 0 Å². The molecule has 0 fully saturated rings. The molecule has 0 saturated carbocycles. The number of rotatable bonds is 3. The minimum Gasteiger partial charge on any atom is -0.309 e. The van der Waals surface area contributed by atoms with Crippen LogP contribution in [0, 0.1) is 0 Å². The normalized spacial score (nSPS) is 13.4. The van der Waals surface area contributed by atoms with Crippen LogP contribution in [0.4, 0.5) is 0 Å². The van der Waals surface area contributed by atoms with Crippen LogP contribution in [-0.4, -0.2) is 19.1 Å². The Bertz CT molecular complexity index is 3380. The Morgan fingerprint density at radius 1 is 0.491 bits per heavy atom. The molecule has 0 unspecified atom stereocenters. The molecule has 1 aliphatic carbocycles. The Hall–Kier alpha value is -7.04. The third kappa shape index (κ3) is 4.06. The molecular weight excluding hydrogens is 669 g/mol. The maximum absolute atomic E-state index is 5.18. The molecule has 7 aromatic carbocycles. The monoisotopic (exact) mass is 702 g/mol. The fraction of sp³-hybridized carbons (Fsp3) is 0.0588. The van der Waals surface area contributed by atoms with Crippen LogP contribution >= 0.6 is 0 Å². The van der Waals surface area contributed by atoms with Crippen LogP contribution in [0.2, 0.25) is 0 Å². The van der Waals surface area contributed by atoms with Crippen LogP contribution in [0.3, 0.4) is 0 Å². The standard InChI is InChI=1S/C51H34N4/c1-51(2)39-19-9-6-16-36(39)43-46(51)44-37-17-7-10-20-41(37)55(50(44)45-38-18-8-11-21-42(38)54(49(43)45)34-14-4-3-5-15-34)35-27-24-31(25-28-35)40-29-26-33-23-22-32-13-12-30-52-47(32)48(33)53-40/h3-30H,1-2H3. The summed E-state index contributed by atoms with van der Waals surface area (Å²) in [5, 5.41) is 7.31. The molecule has 0 atom stereocenters. The summed E-state index contributed by atoms with van der Waals surface area (Å²) < 4.78 is 5.03. The van der Waals surface area contributed by atoms with Crippen LogP contribution in [0.1, 0.15) is 25.0 Å². The zero-order valence-corrected chi connectivity index (χ0v) is 30.5. The lowest BCUT2D eigenvalue weighted by Gasteiger charge is -2.23. The van der Waals surface area contributed by atoms with Gasteiger partial charge in [0.25, 0.3) is 0 Å². The van der Waals surface area contributed by atoms with Crippen molar-refractivity contribution in [3.05, 3.63) is 181 Å². The average molecular weight is 703 g/mol. The second kappa shape index (κ2) is 11.0. The van der Waals surface area contributed by atoms with Crippen molar-refractivity contribution < 1.29 is 0 Å². The van der Waals surface area contributed by atoms with E-state index in [4.69, 9.17) is 9.97 Å². The molecule has 11 aromatic rings. The molecule has 0 N–H and O–H groups in total. The number of pyridine rings is 2. The number of hydrogen-bond acceptors (Lipinski definition) is 2. The van der Waals surface area contributed by atoms with Gasteiger partial charge in [-0.05, 0) is 65.2 Å². The van der Waals surface area contributed by atoms with Gasteiger partial charge in [0.05, 0.1) is 38.8 Å². The zero-order chi connectivity index (χ0) is 36.4. The zero-order valence-electron chi connectivity index (χ0n) is 30.5. The smallest absolute Gasteiger partial charge is 0.0972 e. The number of benzene rings is 7. The van der Waals surface area contributed by atoms with Gasteiger partial charge in [0.15, 0.2) is 0 Å². The Balaban J connectivity index is 1.20. The number of aromatic nitrogens is 4. The van der Waals surface area contributed by atoms with Crippen LogP contribution in [-0.2, 0) is 5.41 Å². The van der Waals surface area contributed by atoms with Crippen LogP contribution in [0.25, 0.3) is 99.2 Å². The van der Waals surface area contributed by atoms with Gasteiger partial charge in [0, 0.05) is 66.4 Å². The average Bonchev–Trinajstić information content (AvgIpc) is 3.84. The molecule has 258 valence electrons. The van der Waals surface area contributed by atoms with Gasteiger partial charge < -0.3 is 9.13 Å². The van der Waals surface area contributed by atoms with E-state index >= 15 is 0 Å². The van der Waals surface area contributed by atoms with Crippen LogP contribution < -0.4 is 0 Å². The Morgan fingerprint density at radius 2 is 1.11 bits per heavy atom. The molecule has 1 aliphatic rings. The first-order valence-corrected chi connectivity index (χ1v) is 19.0. The predicted molar refractivity (Wildman–Crippen MR) is 229 cm³/mol. The van der Waals surface area contributed by atoms with E-state index in [0.717, 1.165) is 44.4 Å². The Kier molecular flexibility index (Phi) is 6.09. The summed E-state index contributed by atoms with van der Waals surface area (Å²) >= 11 is 0. The van der Waals surface area contributed by atoms with Crippen molar-refractivity contribution in [2.75, 3.05) is 0 Å². The lowest BCUT2D eigenvalue weighted by Crippen LogP contribution is -2.15. The molecule has 12 rings (SSSR count). The summed E-state index contributed by atoms with van der Waals surface area (Å²) in [6.45, 7) is 4.82. The number of hydrogen-bond donors (Lipinski definition) is 0. The number of fused-ring (bicyclic) bond motifs is 15. The Labute approximate surface area is 317 Å². The molecule has 0 spiro atoms. The van der Waals surface area contributed by atoms with Gasteiger partial charge in [-0.3, -0.25) is 4.98 Å². The maximum atomic E-state index is 5.18. The summed E-state index contributed by atoms with van der Waals surface area (Å²) in [4.78, 5) is 9.87. The van der Waals surface area contributed by atoms with Gasteiger partial charge in [-0.15, -0.1) is 0 Å². The molecule has 4 heterocycles. The minimum absolute atomic E-state index is 0.226. The fourth-order valence-electron chi connectivity index (χ4n) is 9.74. The molecule has 55 heavy (non-hydrogen) atoms. The highest BCUT2D eigenvalue weighted by molar-refractivity contribution is 6.31. The summed E-state index contributed by atoms with van der Waals surface area (Å²) in [5.41, 5.74) is 16.3. The van der Waals surface area contributed by atoms with Crippen molar-refractivity contribution in [3.8, 4) is 33.8 Å². The van der Waals surface area contributed by atoms with Crippen molar-refractivity contribution >= 4 is 65.4 Å². The first-order chi connectivity index (χ1) is 27.1. The SMILES string of the molecule is CC1(C)c2ccccc2-c2c1c1c3ccccc3n(-c3ccc(-c4ccc5ccc6cccnc6c5n4)cc3)c1c1c3ccccc3n(-c3ccccc3)c21. The highest BCUT2D eigenvalue weighted by Crippen LogP contribution is 2.58. The summed E-state index contributed by atoms with van der Waals surface area (Å²) in [7, 11) is 0. The summed E-state index contributed by atoms with van der Waals surface area (Å²) in [6.07, 6.45) is 1.85. The quantitative estimate of drug-likeness (QED) is 0.172. The molecule has 4 nitrogen and oxygen atoms in total. The van der Waals surface area contributed by atoms with Crippen LogP contribution in [0.5, 0.6) is 0 Å². The van der Waals surface area contributed by atoms with Crippen molar-refractivity contribution in [2.45, 2.75) is 19.3 Å². The van der Waals surface area contributed by atoms with E-state index in [2.05, 4.69) is 181 Å². The first kappa shape index (κ1) is 30.4. The second-order valence-electron chi connectivity index (χ2n) is 15.4. The summed E-state index contributed by atoms with van der Waals surface area (Å²) in [5.74, 6) is 0. The predicted octanol–water partition coefficient (Wildman–Crippen LogP) is 13.0. The number of para-hydroxylation sites is 3. The highest BCUT2D eigenvalue weighted by atomic mass is 15.0. The topological polar surface area (TPSA) is 35.6 Å². The van der Waals surface area contributed by atoms with Crippen molar-refractivity contribution in [2.24, 2.45) is 0 Å². The van der Waals surface area contributed by atoms with Crippen molar-refractivity contribution in [1.29, 1.82) is 0 Å². The largest absolute Gasteiger partial charge is 0.309 e. The van der Waals surface area contributed by atoms with Gasteiger partial charge >= 0.3 is 0 Å². The molecular formula is C51H34N4. The van der Waals surface area contributed by atoms with Gasteiger partial charge in [-0.25, -0.2) is 4.98 Å². The highest BCUT2D eigenvalue weighted by Gasteiger charge is 2.41. The van der Waals surface area contributed by atoms with Crippen LogP contribution in [0.15, 0.2) is 170 Å². The molecule has 0 bridgehead atoms. The van der Waals surface area contributed by atoms with E-state index in [1.807, 2.05) is 12.3 Å². The molecule has 0 radical (unpaired) electrons. The third-order valence-corrected chi connectivity index (χ3v) is 12.1. The van der Waals surface area contributed by atoms with E-state index < -0.39 is 0 Å². The van der Waals surface area contributed by atoms with E-state index in [1.54, 1.807) is 0 Å². The van der Waals surface area contributed by atoms with E-state index in [9.17, 15) is 0 Å².